The van der Waals surface area contributed by atoms with Crippen LogP contribution in [0.25, 0.3) is 11.0 Å². The Hall–Kier alpha value is -2.21. The highest BCUT2D eigenvalue weighted by Gasteiger charge is 2.20. The van der Waals surface area contributed by atoms with E-state index in [1.54, 1.807) is 24.4 Å². The Labute approximate surface area is 122 Å². The Morgan fingerprint density at radius 2 is 2.10 bits per heavy atom. The summed E-state index contributed by atoms with van der Waals surface area (Å²) in [5, 5.41) is 8.99. The first-order valence-corrected chi connectivity index (χ1v) is 6.96. The number of hydrogen-bond acceptors (Lipinski definition) is 5. The van der Waals surface area contributed by atoms with Gasteiger partial charge in [-0.1, -0.05) is 0 Å². The Morgan fingerprint density at radius 3 is 2.81 bits per heavy atom. The molecule has 1 N–H and O–H groups in total. The number of ether oxygens (including phenoxy) is 1. The second kappa shape index (κ2) is 5.65. The molecule has 6 heteroatoms. The van der Waals surface area contributed by atoms with Crippen molar-refractivity contribution >= 4 is 22.8 Å². The number of aromatic carboxylic acids is 1. The molecule has 21 heavy (non-hydrogen) atoms. The van der Waals surface area contributed by atoms with Crippen LogP contribution in [-0.4, -0.2) is 47.3 Å². The van der Waals surface area contributed by atoms with E-state index in [-0.39, 0.29) is 5.56 Å². The third kappa shape index (κ3) is 2.80. The van der Waals surface area contributed by atoms with Crippen LogP contribution in [0.1, 0.15) is 23.2 Å². The van der Waals surface area contributed by atoms with Crippen LogP contribution < -0.4 is 4.90 Å². The molecular formula is C15H17N3O3. The highest BCUT2D eigenvalue weighted by molar-refractivity contribution is 5.92. The monoisotopic (exact) mass is 287 g/mol. The Balaban J connectivity index is 1.89. The number of carboxylic acid groups (broad SMARTS) is 1. The van der Waals surface area contributed by atoms with Gasteiger partial charge in [0.1, 0.15) is 5.82 Å². The number of anilines is 1. The van der Waals surface area contributed by atoms with Gasteiger partial charge in [-0.3, -0.25) is 4.98 Å². The summed E-state index contributed by atoms with van der Waals surface area (Å²) < 4.78 is 5.37. The minimum atomic E-state index is -0.956. The fraction of sp³-hybridized carbons (Fsp3) is 0.400. The van der Waals surface area contributed by atoms with Crippen molar-refractivity contribution in [1.82, 2.24) is 9.97 Å². The van der Waals surface area contributed by atoms with E-state index >= 15 is 0 Å². The average Bonchev–Trinajstić information content (AvgIpc) is 2.54. The van der Waals surface area contributed by atoms with Gasteiger partial charge in [-0.05, 0) is 31.0 Å². The van der Waals surface area contributed by atoms with Crippen LogP contribution >= 0.6 is 0 Å². The predicted octanol–water partition coefficient (Wildman–Crippen LogP) is 1.94. The van der Waals surface area contributed by atoms with Crippen LogP contribution in [-0.2, 0) is 4.74 Å². The van der Waals surface area contributed by atoms with E-state index in [9.17, 15) is 4.79 Å². The molecule has 0 saturated carbocycles. The van der Waals surface area contributed by atoms with Crippen LogP contribution in [0.4, 0.5) is 5.82 Å². The molecule has 0 amide bonds. The number of hydrogen-bond donors (Lipinski definition) is 1. The zero-order valence-electron chi connectivity index (χ0n) is 11.8. The van der Waals surface area contributed by atoms with Gasteiger partial charge in [0.2, 0.25) is 0 Å². The fourth-order valence-corrected chi connectivity index (χ4v) is 2.56. The third-order valence-corrected chi connectivity index (χ3v) is 3.88. The van der Waals surface area contributed by atoms with Gasteiger partial charge in [0, 0.05) is 26.3 Å². The SMILES string of the molecule is CN(c1cnc2cc(C(=O)O)ccc2n1)C1CCOCC1. The summed E-state index contributed by atoms with van der Waals surface area (Å²) in [6.07, 6.45) is 3.66. The maximum Gasteiger partial charge on any atom is 0.335 e. The lowest BCUT2D eigenvalue weighted by atomic mass is 10.1. The van der Waals surface area contributed by atoms with Crippen LogP contribution in [0.5, 0.6) is 0 Å². The van der Waals surface area contributed by atoms with Crippen molar-refractivity contribution in [2.45, 2.75) is 18.9 Å². The van der Waals surface area contributed by atoms with Crippen molar-refractivity contribution in [3.63, 3.8) is 0 Å². The van der Waals surface area contributed by atoms with Crippen molar-refractivity contribution in [2.24, 2.45) is 0 Å². The molecule has 0 aliphatic carbocycles. The standard InChI is InChI=1S/C15H17N3O3/c1-18(11-4-6-21-7-5-11)14-9-16-13-8-10(15(19)20)2-3-12(13)17-14/h2-3,8-9,11H,4-7H2,1H3,(H,19,20). The van der Waals surface area contributed by atoms with E-state index in [4.69, 9.17) is 9.84 Å². The van der Waals surface area contributed by atoms with Gasteiger partial charge in [-0.25, -0.2) is 9.78 Å². The lowest BCUT2D eigenvalue weighted by Gasteiger charge is -2.31. The Kier molecular flexibility index (Phi) is 3.70. The Bertz CT molecular complexity index is 668. The van der Waals surface area contributed by atoms with Crippen LogP contribution in [0.3, 0.4) is 0 Å². The smallest absolute Gasteiger partial charge is 0.335 e. The normalized spacial score (nSPS) is 16.0. The van der Waals surface area contributed by atoms with E-state index < -0.39 is 5.97 Å². The molecule has 0 radical (unpaired) electrons. The molecule has 1 aliphatic rings. The van der Waals surface area contributed by atoms with Gasteiger partial charge < -0.3 is 14.7 Å². The molecule has 1 aromatic carbocycles. The van der Waals surface area contributed by atoms with E-state index in [1.165, 1.54) is 0 Å². The molecule has 3 rings (SSSR count). The number of benzene rings is 1. The van der Waals surface area contributed by atoms with Crippen molar-refractivity contribution < 1.29 is 14.6 Å². The lowest BCUT2D eigenvalue weighted by Crippen LogP contribution is -2.37. The highest BCUT2D eigenvalue weighted by atomic mass is 16.5. The first-order chi connectivity index (χ1) is 10.1. The van der Waals surface area contributed by atoms with Gasteiger partial charge >= 0.3 is 5.97 Å². The molecule has 2 aromatic rings. The number of aromatic nitrogens is 2. The zero-order chi connectivity index (χ0) is 14.8. The average molecular weight is 287 g/mol. The molecule has 0 atom stereocenters. The maximum atomic E-state index is 11.0. The molecule has 1 aromatic heterocycles. The molecule has 1 fully saturated rings. The molecule has 1 saturated heterocycles. The predicted molar refractivity (Wildman–Crippen MR) is 78.7 cm³/mol. The molecule has 0 bridgehead atoms. The van der Waals surface area contributed by atoms with E-state index in [0.29, 0.717) is 17.1 Å². The van der Waals surface area contributed by atoms with Gasteiger partial charge in [0.05, 0.1) is 22.8 Å². The van der Waals surface area contributed by atoms with Crippen molar-refractivity contribution in [3.8, 4) is 0 Å². The van der Waals surface area contributed by atoms with Crippen LogP contribution in [0, 0.1) is 0 Å². The zero-order valence-corrected chi connectivity index (χ0v) is 11.8. The van der Waals surface area contributed by atoms with E-state index in [0.717, 1.165) is 31.9 Å². The largest absolute Gasteiger partial charge is 0.478 e. The molecule has 2 heterocycles. The summed E-state index contributed by atoms with van der Waals surface area (Å²) in [7, 11) is 2.01. The Morgan fingerprint density at radius 1 is 1.33 bits per heavy atom. The quantitative estimate of drug-likeness (QED) is 0.929. The minimum Gasteiger partial charge on any atom is -0.478 e. The molecule has 0 unspecified atom stereocenters. The fourth-order valence-electron chi connectivity index (χ4n) is 2.56. The summed E-state index contributed by atoms with van der Waals surface area (Å²) >= 11 is 0. The third-order valence-electron chi connectivity index (χ3n) is 3.88. The number of carbonyl (C=O) groups is 1. The van der Waals surface area contributed by atoms with Crippen molar-refractivity contribution in [3.05, 3.63) is 30.0 Å². The summed E-state index contributed by atoms with van der Waals surface area (Å²) in [4.78, 5) is 22.0. The van der Waals surface area contributed by atoms with Gasteiger partial charge in [0.15, 0.2) is 0 Å². The molecular weight excluding hydrogens is 270 g/mol. The lowest BCUT2D eigenvalue weighted by molar-refractivity contribution is 0.0697. The molecule has 0 spiro atoms. The van der Waals surface area contributed by atoms with E-state index in [1.807, 2.05) is 7.05 Å². The van der Waals surface area contributed by atoms with Crippen molar-refractivity contribution in [2.75, 3.05) is 25.2 Å². The number of rotatable bonds is 3. The van der Waals surface area contributed by atoms with Gasteiger partial charge in [0.25, 0.3) is 0 Å². The first kappa shape index (κ1) is 13.8. The molecule has 1 aliphatic heterocycles. The number of fused-ring (bicyclic) bond motifs is 1. The summed E-state index contributed by atoms with van der Waals surface area (Å²) in [5.41, 5.74) is 1.53. The summed E-state index contributed by atoms with van der Waals surface area (Å²) in [6.45, 7) is 1.55. The summed E-state index contributed by atoms with van der Waals surface area (Å²) in [5.74, 6) is -0.153. The second-order valence-corrected chi connectivity index (χ2v) is 5.19. The topological polar surface area (TPSA) is 75.6 Å². The number of carboxylic acids is 1. The minimum absolute atomic E-state index is 0.224. The van der Waals surface area contributed by atoms with Gasteiger partial charge in [-0.15, -0.1) is 0 Å². The highest BCUT2D eigenvalue weighted by Crippen LogP contribution is 2.21. The van der Waals surface area contributed by atoms with Crippen LogP contribution in [0.2, 0.25) is 0 Å². The van der Waals surface area contributed by atoms with Crippen molar-refractivity contribution in [1.29, 1.82) is 0 Å². The second-order valence-electron chi connectivity index (χ2n) is 5.19. The summed E-state index contributed by atoms with van der Waals surface area (Å²) in [6, 6.07) is 5.21. The maximum absolute atomic E-state index is 11.0. The first-order valence-electron chi connectivity index (χ1n) is 6.96. The van der Waals surface area contributed by atoms with Crippen LogP contribution in [0.15, 0.2) is 24.4 Å². The molecule has 110 valence electrons. The van der Waals surface area contributed by atoms with Gasteiger partial charge in [-0.2, -0.15) is 0 Å². The number of nitrogens with zero attached hydrogens (tertiary/aromatic N) is 3. The molecule has 6 nitrogen and oxygen atoms in total. The van der Waals surface area contributed by atoms with E-state index in [2.05, 4.69) is 14.9 Å².